The SMILES string of the molecule is COC(=O)CC[C@H](NCCCCCn1cnc2[nH]c(NC(=O)C(C)(C)C)cc2c1=O)C(=O)OC. The van der Waals surface area contributed by atoms with E-state index in [-0.39, 0.29) is 23.9 Å². The van der Waals surface area contributed by atoms with Crippen LogP contribution in [0.3, 0.4) is 0 Å². The number of unbranched alkanes of at least 4 members (excludes halogenated alkanes) is 2. The first-order valence-corrected chi connectivity index (χ1v) is 11.3. The first-order chi connectivity index (χ1) is 16.1. The third kappa shape index (κ3) is 7.68. The third-order valence-electron chi connectivity index (χ3n) is 5.36. The van der Waals surface area contributed by atoms with Crippen molar-refractivity contribution in [2.24, 2.45) is 5.41 Å². The van der Waals surface area contributed by atoms with Gasteiger partial charge in [-0.1, -0.05) is 27.2 Å². The second-order valence-corrected chi connectivity index (χ2v) is 9.10. The van der Waals surface area contributed by atoms with Crippen molar-refractivity contribution < 1.29 is 23.9 Å². The van der Waals surface area contributed by atoms with Gasteiger partial charge in [0.15, 0.2) is 0 Å². The Hall–Kier alpha value is -3.21. The molecule has 0 spiro atoms. The maximum absolute atomic E-state index is 12.8. The normalized spacial score (nSPS) is 12.4. The number of aromatic nitrogens is 3. The summed E-state index contributed by atoms with van der Waals surface area (Å²) in [5.41, 5.74) is -0.308. The number of anilines is 1. The monoisotopic (exact) mass is 477 g/mol. The van der Waals surface area contributed by atoms with Crippen LogP contribution < -0.4 is 16.2 Å². The molecule has 0 aliphatic rings. The number of fused-ring (bicyclic) bond motifs is 1. The number of esters is 2. The van der Waals surface area contributed by atoms with E-state index < -0.39 is 17.4 Å². The molecule has 2 rings (SSSR count). The number of hydrogen-bond donors (Lipinski definition) is 3. The molecule has 34 heavy (non-hydrogen) atoms. The number of ether oxygens (including phenoxy) is 2. The van der Waals surface area contributed by atoms with E-state index in [9.17, 15) is 19.2 Å². The van der Waals surface area contributed by atoms with Gasteiger partial charge in [-0.2, -0.15) is 0 Å². The van der Waals surface area contributed by atoms with Crippen LogP contribution in [-0.2, 0) is 30.4 Å². The van der Waals surface area contributed by atoms with Crippen LogP contribution in [0.25, 0.3) is 11.0 Å². The second kappa shape index (κ2) is 12.3. The number of carbonyl (C=O) groups excluding carboxylic acids is 3. The van der Waals surface area contributed by atoms with Gasteiger partial charge in [0.2, 0.25) is 5.91 Å². The molecule has 3 N–H and O–H groups in total. The van der Waals surface area contributed by atoms with Crippen LogP contribution in [0.2, 0.25) is 0 Å². The number of nitrogens with zero attached hydrogens (tertiary/aromatic N) is 2. The van der Waals surface area contributed by atoms with Crippen LogP contribution in [0, 0.1) is 5.41 Å². The lowest BCUT2D eigenvalue weighted by atomic mass is 9.96. The fourth-order valence-corrected chi connectivity index (χ4v) is 3.25. The maximum Gasteiger partial charge on any atom is 0.322 e. The van der Waals surface area contributed by atoms with E-state index in [0.717, 1.165) is 19.3 Å². The van der Waals surface area contributed by atoms with Crippen molar-refractivity contribution in [2.45, 2.75) is 65.5 Å². The summed E-state index contributed by atoms with van der Waals surface area (Å²) in [5.74, 6) is -0.513. The van der Waals surface area contributed by atoms with Crippen molar-refractivity contribution in [1.82, 2.24) is 19.9 Å². The van der Waals surface area contributed by atoms with Crippen molar-refractivity contribution in [1.29, 1.82) is 0 Å². The van der Waals surface area contributed by atoms with Crippen molar-refractivity contribution in [3.05, 3.63) is 22.7 Å². The molecular weight excluding hydrogens is 442 g/mol. The fraction of sp³-hybridized carbons (Fsp3) is 0.609. The highest BCUT2D eigenvalue weighted by Gasteiger charge is 2.22. The topological polar surface area (TPSA) is 144 Å². The Morgan fingerprint density at radius 1 is 1.15 bits per heavy atom. The molecule has 0 saturated carbocycles. The van der Waals surface area contributed by atoms with Crippen LogP contribution in [0.4, 0.5) is 5.82 Å². The first kappa shape index (κ1) is 27.0. The largest absolute Gasteiger partial charge is 0.469 e. The van der Waals surface area contributed by atoms with E-state index in [1.165, 1.54) is 20.5 Å². The van der Waals surface area contributed by atoms with E-state index >= 15 is 0 Å². The van der Waals surface area contributed by atoms with Gasteiger partial charge in [-0.05, 0) is 31.9 Å². The fourth-order valence-electron chi connectivity index (χ4n) is 3.25. The summed E-state index contributed by atoms with van der Waals surface area (Å²) in [6, 6.07) is 1.04. The Morgan fingerprint density at radius 2 is 1.88 bits per heavy atom. The van der Waals surface area contributed by atoms with Crippen LogP contribution >= 0.6 is 0 Å². The molecule has 0 aliphatic carbocycles. The number of carbonyl (C=O) groups is 3. The number of rotatable bonds is 12. The maximum atomic E-state index is 12.8. The highest BCUT2D eigenvalue weighted by atomic mass is 16.5. The Morgan fingerprint density at radius 3 is 2.53 bits per heavy atom. The first-order valence-electron chi connectivity index (χ1n) is 11.3. The number of nitrogens with one attached hydrogen (secondary N) is 3. The van der Waals surface area contributed by atoms with Gasteiger partial charge >= 0.3 is 11.9 Å². The van der Waals surface area contributed by atoms with Crippen molar-refractivity contribution in [3.63, 3.8) is 0 Å². The minimum Gasteiger partial charge on any atom is -0.469 e. The van der Waals surface area contributed by atoms with Crippen molar-refractivity contribution in [3.8, 4) is 0 Å². The number of aryl methyl sites for hydroxylation is 1. The van der Waals surface area contributed by atoms with Gasteiger partial charge in [-0.25, -0.2) is 4.98 Å². The van der Waals surface area contributed by atoms with E-state index in [4.69, 9.17) is 4.74 Å². The quantitative estimate of drug-likeness (QED) is 0.311. The van der Waals surface area contributed by atoms with Gasteiger partial charge in [0.25, 0.3) is 5.56 Å². The predicted octanol–water partition coefficient (Wildman–Crippen LogP) is 1.96. The highest BCUT2D eigenvalue weighted by Crippen LogP contribution is 2.19. The van der Waals surface area contributed by atoms with Gasteiger partial charge < -0.3 is 25.1 Å². The minimum absolute atomic E-state index is 0.127. The van der Waals surface area contributed by atoms with Gasteiger partial charge in [0, 0.05) is 18.4 Å². The van der Waals surface area contributed by atoms with E-state index in [1.807, 2.05) is 20.8 Å². The summed E-state index contributed by atoms with van der Waals surface area (Å²) < 4.78 is 10.9. The zero-order valence-corrected chi connectivity index (χ0v) is 20.5. The molecular formula is C23H35N5O6. The van der Waals surface area contributed by atoms with Crippen LogP contribution in [0.1, 0.15) is 52.9 Å². The standard InChI is InChI=1S/C23H35N5O6/c1-23(2,3)22(32)27-17-13-15-19(26-17)25-14-28(20(15)30)12-8-6-7-11-24-16(21(31)34-5)9-10-18(29)33-4/h13-14,16,24,26H,6-12H2,1-5H3,(H,27,32)/t16-/m0/s1. The average molecular weight is 478 g/mol. The molecule has 0 aromatic carbocycles. The second-order valence-electron chi connectivity index (χ2n) is 9.10. The predicted molar refractivity (Wildman–Crippen MR) is 127 cm³/mol. The molecule has 2 aromatic heterocycles. The summed E-state index contributed by atoms with van der Waals surface area (Å²) in [5, 5.41) is 6.30. The van der Waals surface area contributed by atoms with E-state index in [0.29, 0.717) is 36.4 Å². The molecule has 1 atom stereocenters. The molecule has 0 radical (unpaired) electrons. The molecule has 0 saturated heterocycles. The summed E-state index contributed by atoms with van der Waals surface area (Å²) in [6.07, 6.45) is 4.27. The molecule has 2 aromatic rings. The van der Waals surface area contributed by atoms with Gasteiger partial charge in [-0.3, -0.25) is 23.7 Å². The zero-order chi connectivity index (χ0) is 25.3. The molecule has 188 valence electrons. The lowest BCUT2D eigenvalue weighted by Gasteiger charge is -2.16. The Kier molecular flexibility index (Phi) is 9.79. The zero-order valence-electron chi connectivity index (χ0n) is 20.5. The molecule has 0 bridgehead atoms. The van der Waals surface area contributed by atoms with Crippen molar-refractivity contribution >= 4 is 34.7 Å². The van der Waals surface area contributed by atoms with Crippen LogP contribution in [0.5, 0.6) is 0 Å². The number of H-pyrrole nitrogens is 1. The number of hydrogen-bond acceptors (Lipinski definition) is 8. The molecule has 2 heterocycles. The number of aromatic amines is 1. The van der Waals surface area contributed by atoms with E-state index in [1.54, 1.807) is 10.6 Å². The molecule has 1 amide bonds. The summed E-state index contributed by atoms with van der Waals surface area (Å²) in [6.45, 7) is 6.50. The van der Waals surface area contributed by atoms with Crippen molar-refractivity contribution in [2.75, 3.05) is 26.1 Å². The molecule has 11 heteroatoms. The lowest BCUT2D eigenvalue weighted by molar-refractivity contribution is -0.144. The van der Waals surface area contributed by atoms with Crippen LogP contribution in [0.15, 0.2) is 17.2 Å². The van der Waals surface area contributed by atoms with Gasteiger partial charge in [0.05, 0.1) is 25.9 Å². The van der Waals surface area contributed by atoms with E-state index in [2.05, 4.69) is 25.3 Å². The molecule has 11 nitrogen and oxygen atoms in total. The summed E-state index contributed by atoms with van der Waals surface area (Å²) >= 11 is 0. The molecule has 0 aliphatic heterocycles. The minimum atomic E-state index is -0.570. The molecule has 0 fully saturated rings. The van der Waals surface area contributed by atoms with Gasteiger partial charge in [-0.15, -0.1) is 0 Å². The number of methoxy groups -OCH3 is 2. The highest BCUT2D eigenvalue weighted by molar-refractivity contribution is 5.96. The smallest absolute Gasteiger partial charge is 0.322 e. The van der Waals surface area contributed by atoms with Crippen LogP contribution in [-0.4, -0.2) is 59.2 Å². The average Bonchev–Trinajstić information content (AvgIpc) is 3.21. The Bertz CT molecular complexity index is 1050. The van der Waals surface area contributed by atoms with Gasteiger partial charge in [0.1, 0.15) is 17.5 Å². The Balaban J connectivity index is 1.84. The summed E-state index contributed by atoms with van der Waals surface area (Å²) in [7, 11) is 2.62. The summed E-state index contributed by atoms with van der Waals surface area (Å²) in [4.78, 5) is 55.4. The Labute approximate surface area is 198 Å². The third-order valence-corrected chi connectivity index (χ3v) is 5.36. The number of amides is 1. The molecule has 0 unspecified atom stereocenters. The lowest BCUT2D eigenvalue weighted by Crippen LogP contribution is -2.38.